The largest absolute Gasteiger partial charge is 0.455 e. The minimum absolute atomic E-state index is 0.0491. The van der Waals surface area contributed by atoms with Crippen molar-refractivity contribution in [3.8, 4) is 11.5 Å². The van der Waals surface area contributed by atoms with E-state index in [2.05, 4.69) is 10.6 Å². The summed E-state index contributed by atoms with van der Waals surface area (Å²) in [6.45, 7) is 2.43. The van der Waals surface area contributed by atoms with Crippen LogP contribution in [0.4, 0.5) is 17.1 Å². The number of ether oxygens (including phenoxy) is 1. The fourth-order valence-electron chi connectivity index (χ4n) is 3.41. The molecule has 2 amide bonds. The van der Waals surface area contributed by atoms with E-state index in [4.69, 9.17) is 4.74 Å². The summed E-state index contributed by atoms with van der Waals surface area (Å²) in [6, 6.07) is 24.3. The van der Waals surface area contributed by atoms with Crippen LogP contribution in [-0.4, -0.2) is 24.9 Å². The molecule has 6 nitrogen and oxygen atoms in total. The number of hydrogen-bond donors (Lipinski definition) is 2. The number of nitrogens with zero attached hydrogens (tertiary/aromatic N) is 1. The average Bonchev–Trinajstić information content (AvgIpc) is 2.86. The lowest BCUT2D eigenvalue weighted by molar-refractivity contribution is -0.119. The highest BCUT2D eigenvalue weighted by Crippen LogP contribution is 2.31. The van der Waals surface area contributed by atoms with Crippen LogP contribution in [0.3, 0.4) is 0 Å². The Labute approximate surface area is 175 Å². The topological polar surface area (TPSA) is 70.7 Å². The number of anilines is 3. The van der Waals surface area contributed by atoms with Crippen LogP contribution in [0.25, 0.3) is 0 Å². The quantitative estimate of drug-likeness (QED) is 0.660. The first-order valence-corrected chi connectivity index (χ1v) is 9.87. The molecular formula is C24H23N3O3. The molecule has 152 valence electrons. The van der Waals surface area contributed by atoms with Crippen molar-refractivity contribution in [1.82, 2.24) is 0 Å². The van der Waals surface area contributed by atoms with E-state index in [-0.39, 0.29) is 24.3 Å². The van der Waals surface area contributed by atoms with Gasteiger partial charge in [-0.2, -0.15) is 0 Å². The molecule has 1 atom stereocenters. The van der Waals surface area contributed by atoms with Crippen molar-refractivity contribution < 1.29 is 14.3 Å². The van der Waals surface area contributed by atoms with Gasteiger partial charge in [0.15, 0.2) is 5.75 Å². The first-order valence-electron chi connectivity index (χ1n) is 9.87. The standard InChI is InChI=1S/C24H23N3O3/c1-17-15-27(21-13-7-5-11-19(21)26-24(17)29)16-23(28)25-20-12-6-8-14-22(20)30-18-9-3-2-4-10-18/h2-14,17H,15-16H2,1H3,(H,25,28)(H,26,29)/t17-/m0/s1. The van der Waals surface area contributed by atoms with E-state index in [0.29, 0.717) is 29.4 Å². The van der Waals surface area contributed by atoms with Gasteiger partial charge < -0.3 is 20.3 Å². The Balaban J connectivity index is 1.51. The van der Waals surface area contributed by atoms with Gasteiger partial charge in [-0.05, 0) is 36.4 Å². The van der Waals surface area contributed by atoms with Crippen molar-refractivity contribution in [3.63, 3.8) is 0 Å². The number of carbonyl (C=O) groups excluding carboxylic acids is 2. The van der Waals surface area contributed by atoms with E-state index in [1.807, 2.05) is 84.6 Å². The molecule has 0 saturated heterocycles. The molecule has 0 unspecified atom stereocenters. The first kappa shape index (κ1) is 19.5. The van der Waals surface area contributed by atoms with E-state index < -0.39 is 0 Å². The molecule has 30 heavy (non-hydrogen) atoms. The van der Waals surface area contributed by atoms with Gasteiger partial charge in [-0.15, -0.1) is 0 Å². The van der Waals surface area contributed by atoms with Crippen LogP contribution in [0.15, 0.2) is 78.9 Å². The Morgan fingerprint density at radius 2 is 1.73 bits per heavy atom. The summed E-state index contributed by atoms with van der Waals surface area (Å²) in [5, 5.41) is 5.87. The molecule has 6 heteroatoms. The highest BCUT2D eigenvalue weighted by Gasteiger charge is 2.26. The number of nitrogens with one attached hydrogen (secondary N) is 2. The van der Waals surface area contributed by atoms with Gasteiger partial charge in [-0.25, -0.2) is 0 Å². The fraction of sp³-hybridized carbons (Fsp3) is 0.167. The molecule has 0 spiro atoms. The minimum Gasteiger partial charge on any atom is -0.455 e. The van der Waals surface area contributed by atoms with Gasteiger partial charge in [0.05, 0.1) is 29.5 Å². The third-order valence-corrected chi connectivity index (χ3v) is 4.91. The summed E-state index contributed by atoms with van der Waals surface area (Å²) in [7, 11) is 0. The van der Waals surface area contributed by atoms with Crippen LogP contribution < -0.4 is 20.3 Å². The monoisotopic (exact) mass is 401 g/mol. The van der Waals surface area contributed by atoms with Crippen molar-refractivity contribution in [2.24, 2.45) is 5.92 Å². The summed E-state index contributed by atoms with van der Waals surface area (Å²) in [6.07, 6.45) is 0. The smallest absolute Gasteiger partial charge is 0.243 e. The summed E-state index contributed by atoms with van der Waals surface area (Å²) in [5.74, 6) is 0.791. The van der Waals surface area contributed by atoms with Crippen LogP contribution in [-0.2, 0) is 9.59 Å². The molecule has 0 aromatic heterocycles. The molecule has 1 heterocycles. The van der Waals surface area contributed by atoms with Crippen LogP contribution in [0.5, 0.6) is 11.5 Å². The van der Waals surface area contributed by atoms with Crippen LogP contribution in [0.2, 0.25) is 0 Å². The summed E-state index contributed by atoms with van der Waals surface area (Å²) in [4.78, 5) is 27.1. The Bertz CT molecular complexity index is 1050. The van der Waals surface area contributed by atoms with E-state index in [1.54, 1.807) is 6.07 Å². The molecule has 0 fully saturated rings. The van der Waals surface area contributed by atoms with Gasteiger partial charge in [0.1, 0.15) is 5.75 Å². The molecule has 0 saturated carbocycles. The number of amides is 2. The number of benzene rings is 3. The zero-order valence-electron chi connectivity index (χ0n) is 16.7. The van der Waals surface area contributed by atoms with Gasteiger partial charge in [0.2, 0.25) is 11.8 Å². The Kier molecular flexibility index (Phi) is 5.66. The summed E-state index contributed by atoms with van der Waals surface area (Å²) in [5.41, 5.74) is 2.14. The molecule has 3 aromatic rings. The highest BCUT2D eigenvalue weighted by molar-refractivity contribution is 6.00. The number of rotatable bonds is 5. The molecule has 0 aliphatic carbocycles. The summed E-state index contributed by atoms with van der Waals surface area (Å²) >= 11 is 0. The maximum Gasteiger partial charge on any atom is 0.243 e. The van der Waals surface area contributed by atoms with Crippen molar-refractivity contribution in [1.29, 1.82) is 0 Å². The average molecular weight is 401 g/mol. The Morgan fingerprint density at radius 1 is 1.03 bits per heavy atom. The molecule has 3 aromatic carbocycles. The lowest BCUT2D eigenvalue weighted by Gasteiger charge is -2.25. The zero-order chi connectivity index (χ0) is 20.9. The molecule has 0 radical (unpaired) electrons. The van der Waals surface area contributed by atoms with Gasteiger partial charge in [-0.1, -0.05) is 49.4 Å². The second-order valence-corrected chi connectivity index (χ2v) is 7.25. The third-order valence-electron chi connectivity index (χ3n) is 4.91. The van der Waals surface area contributed by atoms with Gasteiger partial charge in [0.25, 0.3) is 0 Å². The van der Waals surface area contributed by atoms with Crippen molar-refractivity contribution in [3.05, 3.63) is 78.9 Å². The highest BCUT2D eigenvalue weighted by atomic mass is 16.5. The maximum absolute atomic E-state index is 12.9. The zero-order valence-corrected chi connectivity index (χ0v) is 16.7. The van der Waals surface area contributed by atoms with E-state index in [9.17, 15) is 9.59 Å². The van der Waals surface area contributed by atoms with Crippen LogP contribution >= 0.6 is 0 Å². The number of carbonyl (C=O) groups is 2. The SMILES string of the molecule is C[C@H]1CN(CC(=O)Nc2ccccc2Oc2ccccc2)c2ccccc2NC1=O. The number of hydrogen-bond acceptors (Lipinski definition) is 4. The molecule has 2 N–H and O–H groups in total. The number of fused-ring (bicyclic) bond motifs is 1. The second-order valence-electron chi connectivity index (χ2n) is 7.25. The fourth-order valence-corrected chi connectivity index (χ4v) is 3.41. The second kappa shape index (κ2) is 8.69. The molecule has 1 aliphatic rings. The normalized spacial score (nSPS) is 15.6. The van der Waals surface area contributed by atoms with Crippen molar-refractivity contribution in [2.75, 3.05) is 28.6 Å². The maximum atomic E-state index is 12.9. The van der Waals surface area contributed by atoms with E-state index in [0.717, 1.165) is 5.69 Å². The molecule has 4 rings (SSSR count). The molecule has 0 bridgehead atoms. The van der Waals surface area contributed by atoms with Crippen LogP contribution in [0, 0.1) is 5.92 Å². The Hall–Kier alpha value is -3.80. The van der Waals surface area contributed by atoms with Crippen molar-refractivity contribution >= 4 is 28.9 Å². The minimum atomic E-state index is -0.237. The van der Waals surface area contributed by atoms with Gasteiger partial charge >= 0.3 is 0 Å². The van der Waals surface area contributed by atoms with E-state index >= 15 is 0 Å². The summed E-state index contributed by atoms with van der Waals surface area (Å²) < 4.78 is 5.92. The first-order chi connectivity index (χ1) is 14.6. The van der Waals surface area contributed by atoms with Gasteiger partial charge in [0, 0.05) is 6.54 Å². The van der Waals surface area contributed by atoms with Gasteiger partial charge in [-0.3, -0.25) is 9.59 Å². The lowest BCUT2D eigenvalue weighted by Crippen LogP contribution is -2.37. The van der Waals surface area contributed by atoms with E-state index in [1.165, 1.54) is 0 Å². The third kappa shape index (κ3) is 4.43. The predicted molar refractivity (Wildman–Crippen MR) is 118 cm³/mol. The van der Waals surface area contributed by atoms with Crippen LogP contribution in [0.1, 0.15) is 6.92 Å². The molecule has 1 aliphatic heterocycles. The molecular weight excluding hydrogens is 378 g/mol. The van der Waals surface area contributed by atoms with Crippen molar-refractivity contribution in [2.45, 2.75) is 6.92 Å². The lowest BCUT2D eigenvalue weighted by atomic mass is 10.1. The predicted octanol–water partition coefficient (Wildman–Crippen LogP) is 4.51. The Morgan fingerprint density at radius 3 is 2.57 bits per heavy atom. The number of para-hydroxylation sites is 5.